The highest BCUT2D eigenvalue weighted by molar-refractivity contribution is 6.38. The lowest BCUT2D eigenvalue weighted by Gasteiger charge is -2.38. The number of rotatable bonds is 10. The van der Waals surface area contributed by atoms with Crippen molar-refractivity contribution in [3.05, 3.63) is 70.3 Å². The van der Waals surface area contributed by atoms with E-state index < -0.39 is 5.82 Å². The number of halogens is 2. The molecule has 15 heteroatoms. The van der Waals surface area contributed by atoms with Gasteiger partial charge in [0.25, 0.3) is 0 Å². The van der Waals surface area contributed by atoms with Gasteiger partial charge in [-0.05, 0) is 55.9 Å². The fraction of sp³-hybridized carbons (Fsp3) is 0.452. The van der Waals surface area contributed by atoms with Crippen molar-refractivity contribution in [1.29, 1.82) is 0 Å². The quantitative estimate of drug-likeness (QED) is 0.0888. The second-order valence-electron chi connectivity index (χ2n) is 16.1. The molecule has 0 aliphatic carbocycles. The summed E-state index contributed by atoms with van der Waals surface area (Å²) in [4.78, 5) is 12.6. The molecular formula is C42H49ClFN9O4. The lowest BCUT2D eigenvalue weighted by atomic mass is 9.93. The van der Waals surface area contributed by atoms with Gasteiger partial charge in [-0.15, -0.1) is 0 Å². The minimum Gasteiger partial charge on any atom is -0.486 e. The molecule has 2 aromatic heterocycles. The van der Waals surface area contributed by atoms with Crippen LogP contribution in [0.1, 0.15) is 63.6 Å². The van der Waals surface area contributed by atoms with Crippen LogP contribution in [-0.2, 0) is 11.3 Å². The maximum Gasteiger partial charge on any atom is 0.319 e. The molecule has 57 heavy (non-hydrogen) atoms. The van der Waals surface area contributed by atoms with Gasteiger partial charge in [0.2, 0.25) is 0 Å². The predicted octanol–water partition coefficient (Wildman–Crippen LogP) is 6.59. The van der Waals surface area contributed by atoms with E-state index in [4.69, 9.17) is 52.1 Å². The van der Waals surface area contributed by atoms with Gasteiger partial charge in [0, 0.05) is 60.2 Å². The largest absolute Gasteiger partial charge is 0.486 e. The van der Waals surface area contributed by atoms with Gasteiger partial charge in [0.1, 0.15) is 36.0 Å². The van der Waals surface area contributed by atoms with Crippen molar-refractivity contribution >= 4 is 44.9 Å². The van der Waals surface area contributed by atoms with Gasteiger partial charge >= 0.3 is 6.01 Å². The Hall–Kier alpha value is -4.89. The number of nitrogens with two attached hydrogens (primary N) is 2. The van der Waals surface area contributed by atoms with Crippen molar-refractivity contribution in [2.24, 2.45) is 17.5 Å². The highest BCUT2D eigenvalue weighted by Gasteiger charge is 2.52. The third kappa shape index (κ3) is 6.56. The van der Waals surface area contributed by atoms with Crippen molar-refractivity contribution in [1.82, 2.24) is 30.5 Å². The molecule has 2 bridgehead atoms. The van der Waals surface area contributed by atoms with Gasteiger partial charge in [-0.2, -0.15) is 15.1 Å². The Labute approximate surface area is 335 Å². The zero-order valence-corrected chi connectivity index (χ0v) is 33.6. The van der Waals surface area contributed by atoms with Crippen molar-refractivity contribution in [2.75, 3.05) is 24.7 Å². The number of nitrogens with one attached hydrogen (secondary N) is 2. The number of piperazine rings is 1. The smallest absolute Gasteiger partial charge is 0.319 e. The molecule has 4 unspecified atom stereocenters. The Morgan fingerprint density at radius 1 is 1.16 bits per heavy atom. The Morgan fingerprint density at radius 3 is 2.68 bits per heavy atom. The number of H-pyrrole nitrogens is 1. The van der Waals surface area contributed by atoms with Crippen LogP contribution < -0.4 is 36.0 Å². The minimum absolute atomic E-state index is 0.0227. The average molecular weight is 798 g/mol. The van der Waals surface area contributed by atoms with Crippen LogP contribution in [-0.4, -0.2) is 81.3 Å². The third-order valence-corrected chi connectivity index (χ3v) is 12.6. The maximum absolute atomic E-state index is 15.9. The van der Waals surface area contributed by atoms with Gasteiger partial charge < -0.3 is 39.9 Å². The van der Waals surface area contributed by atoms with E-state index in [0.717, 1.165) is 36.9 Å². The number of aromatic nitrogens is 4. The SMILES string of the molecule is Cc1c(F)cc2[nH]ncc2c1-c1c(Cl)c2c3c(nc(OC4CCOCC4)nc3c1OCc1ccc(/C(N)=C/N(N)C(C)C(C)C)cc1)N1C3CNC(C3)C1[C@H](C)O2. The summed E-state index contributed by atoms with van der Waals surface area (Å²) >= 11 is 7.60. The molecule has 3 aromatic carbocycles. The van der Waals surface area contributed by atoms with E-state index in [2.05, 4.69) is 48.1 Å². The molecule has 0 radical (unpaired) electrons. The predicted molar refractivity (Wildman–Crippen MR) is 219 cm³/mol. The summed E-state index contributed by atoms with van der Waals surface area (Å²) in [6, 6.07) is 9.94. The lowest BCUT2D eigenvalue weighted by molar-refractivity contribution is 0.0219. The molecule has 3 fully saturated rings. The van der Waals surface area contributed by atoms with Crippen LogP contribution in [0.3, 0.4) is 0 Å². The first-order valence-corrected chi connectivity index (χ1v) is 20.2. The van der Waals surface area contributed by atoms with Crippen molar-refractivity contribution < 1.29 is 23.3 Å². The first kappa shape index (κ1) is 37.7. The molecule has 5 atom stereocenters. The molecule has 6 heterocycles. The fourth-order valence-corrected chi connectivity index (χ4v) is 9.13. The molecule has 300 valence electrons. The molecule has 5 aromatic rings. The van der Waals surface area contributed by atoms with Crippen molar-refractivity contribution in [3.63, 3.8) is 0 Å². The highest BCUT2D eigenvalue weighted by Crippen LogP contribution is 2.56. The number of ether oxygens (including phenoxy) is 4. The first-order valence-electron chi connectivity index (χ1n) is 19.8. The summed E-state index contributed by atoms with van der Waals surface area (Å²) in [5.41, 5.74) is 11.1. The number of fused-ring (bicyclic) bond motifs is 7. The summed E-state index contributed by atoms with van der Waals surface area (Å²) in [5.74, 6) is 7.72. The van der Waals surface area contributed by atoms with Gasteiger partial charge in [0.15, 0.2) is 11.5 Å². The molecule has 6 N–H and O–H groups in total. The molecule has 4 aliphatic heterocycles. The van der Waals surface area contributed by atoms with E-state index in [-0.39, 0.29) is 54.0 Å². The molecule has 0 saturated carbocycles. The average Bonchev–Trinajstić information content (AvgIpc) is 3.94. The lowest BCUT2D eigenvalue weighted by Crippen LogP contribution is -2.57. The van der Waals surface area contributed by atoms with Gasteiger partial charge in [-0.1, -0.05) is 49.7 Å². The zero-order valence-electron chi connectivity index (χ0n) is 32.8. The normalized spacial score (nSPS) is 22.5. The van der Waals surface area contributed by atoms with E-state index in [1.165, 1.54) is 6.07 Å². The van der Waals surface area contributed by atoms with Gasteiger partial charge in [0.05, 0.1) is 47.1 Å². The van der Waals surface area contributed by atoms with Gasteiger partial charge in [-0.25, -0.2) is 10.2 Å². The fourth-order valence-electron chi connectivity index (χ4n) is 8.81. The number of hydrogen-bond acceptors (Lipinski definition) is 12. The summed E-state index contributed by atoms with van der Waals surface area (Å²) in [5, 5.41) is 14.1. The van der Waals surface area contributed by atoms with Crippen LogP contribution in [0.25, 0.3) is 38.6 Å². The summed E-state index contributed by atoms with van der Waals surface area (Å²) in [7, 11) is 0. The molecule has 3 saturated heterocycles. The molecular weight excluding hydrogens is 749 g/mol. The summed E-state index contributed by atoms with van der Waals surface area (Å²) < 4.78 is 41.9. The van der Waals surface area contributed by atoms with Crippen LogP contribution in [0, 0.1) is 18.7 Å². The number of hydrazine groups is 1. The maximum atomic E-state index is 15.9. The topological polar surface area (TPSA) is 162 Å². The zero-order chi connectivity index (χ0) is 39.7. The second kappa shape index (κ2) is 14.8. The molecule has 4 aliphatic rings. The first-order chi connectivity index (χ1) is 27.5. The number of aromatic amines is 1. The third-order valence-electron chi connectivity index (χ3n) is 12.3. The molecule has 0 spiro atoms. The molecule has 9 rings (SSSR count). The Bertz CT molecular complexity index is 2370. The van der Waals surface area contributed by atoms with E-state index in [0.29, 0.717) is 80.6 Å². The second-order valence-corrected chi connectivity index (χ2v) is 16.5. The summed E-state index contributed by atoms with van der Waals surface area (Å²) in [6.07, 6.45) is 5.43. The number of nitrogens with zero attached hydrogens (tertiary/aromatic N) is 5. The van der Waals surface area contributed by atoms with E-state index in [1.807, 2.05) is 24.3 Å². The van der Waals surface area contributed by atoms with Crippen LogP contribution >= 0.6 is 11.6 Å². The monoisotopic (exact) mass is 797 g/mol. The van der Waals surface area contributed by atoms with E-state index in [1.54, 1.807) is 24.3 Å². The number of benzene rings is 3. The van der Waals surface area contributed by atoms with Crippen LogP contribution in [0.5, 0.6) is 17.5 Å². The van der Waals surface area contributed by atoms with Crippen molar-refractivity contribution in [3.8, 4) is 28.6 Å². The Kier molecular flexibility index (Phi) is 9.78. The van der Waals surface area contributed by atoms with Gasteiger partial charge in [-0.3, -0.25) is 5.10 Å². The highest BCUT2D eigenvalue weighted by atomic mass is 35.5. The molecule has 0 amide bonds. The number of hydrogen-bond donors (Lipinski definition) is 4. The standard InChI is InChI=1S/C42H49ClFN9O4/c1-20(2)22(4)52(46)18-30(45)25-8-6-24(7-9-25)19-55-40-34(33-21(3)29(44)15-31-28(33)17-48-51-31)36(43)39-35-37(40)49-42(57-27-10-12-54-13-11-27)50-41(35)53-26-14-32(47-16-26)38(53)23(5)56-39/h6-9,15,17-18,20,22-23,26-27,32,38,47H,10-14,16,19,45-46H2,1-5H3,(H,48,51)/b30-18-/t22?,23-,26?,32?,38?/m0/s1. The van der Waals surface area contributed by atoms with E-state index in [9.17, 15) is 0 Å². The van der Waals surface area contributed by atoms with Crippen molar-refractivity contribution in [2.45, 2.75) is 96.9 Å². The molecule has 13 nitrogen and oxygen atoms in total. The van der Waals surface area contributed by atoms with Crippen LogP contribution in [0.4, 0.5) is 10.2 Å². The van der Waals surface area contributed by atoms with Crippen LogP contribution in [0.2, 0.25) is 5.02 Å². The number of anilines is 1. The van der Waals surface area contributed by atoms with Crippen LogP contribution in [0.15, 0.2) is 42.7 Å². The summed E-state index contributed by atoms with van der Waals surface area (Å²) in [6.45, 7) is 12.2. The minimum atomic E-state index is -0.417. The Balaban J connectivity index is 1.22. The Morgan fingerprint density at radius 2 is 1.93 bits per heavy atom. The van der Waals surface area contributed by atoms with E-state index >= 15 is 4.39 Å².